The van der Waals surface area contributed by atoms with E-state index in [1.807, 2.05) is 12.1 Å². The number of hydrogen-bond donors (Lipinski definition) is 2. The molecule has 3 rings (SSSR count). The van der Waals surface area contributed by atoms with Gasteiger partial charge in [-0.1, -0.05) is 25.3 Å². The van der Waals surface area contributed by atoms with Crippen molar-refractivity contribution in [3.8, 4) is 5.75 Å². The standard InChI is InChI=1S/C15H22N2O/c1-18-13-7-5-6-12-14(13)17-11-15(10-16-12)8-3-2-4-9-15/h5-7,16-17H,2-4,8-11H2,1H3. The molecule has 0 saturated heterocycles. The van der Waals surface area contributed by atoms with E-state index in [0.717, 1.165) is 24.5 Å². The van der Waals surface area contributed by atoms with E-state index in [2.05, 4.69) is 16.7 Å². The minimum Gasteiger partial charge on any atom is -0.495 e. The number of ether oxygens (including phenoxy) is 1. The lowest BCUT2D eigenvalue weighted by Gasteiger charge is -2.36. The lowest BCUT2D eigenvalue weighted by atomic mass is 9.74. The fraction of sp³-hybridized carbons (Fsp3) is 0.600. The Bertz CT molecular complexity index is 425. The van der Waals surface area contributed by atoms with Gasteiger partial charge in [-0.05, 0) is 25.0 Å². The van der Waals surface area contributed by atoms with Gasteiger partial charge in [0, 0.05) is 18.5 Å². The molecule has 1 aliphatic heterocycles. The third kappa shape index (κ3) is 2.02. The zero-order chi connectivity index (χ0) is 12.4. The van der Waals surface area contributed by atoms with Crippen molar-refractivity contribution in [3.63, 3.8) is 0 Å². The number of anilines is 2. The molecular formula is C15H22N2O. The van der Waals surface area contributed by atoms with Gasteiger partial charge in [0.2, 0.25) is 0 Å². The highest BCUT2D eigenvalue weighted by molar-refractivity contribution is 5.76. The van der Waals surface area contributed by atoms with Gasteiger partial charge in [-0.25, -0.2) is 0 Å². The molecule has 0 atom stereocenters. The topological polar surface area (TPSA) is 33.3 Å². The molecule has 0 unspecified atom stereocenters. The minimum atomic E-state index is 0.433. The molecule has 1 aliphatic carbocycles. The number of rotatable bonds is 1. The maximum absolute atomic E-state index is 5.44. The molecule has 3 heteroatoms. The van der Waals surface area contributed by atoms with Crippen LogP contribution in [0, 0.1) is 5.41 Å². The zero-order valence-electron chi connectivity index (χ0n) is 11.1. The molecule has 1 aromatic rings. The van der Waals surface area contributed by atoms with E-state index in [-0.39, 0.29) is 0 Å². The van der Waals surface area contributed by atoms with Crippen LogP contribution < -0.4 is 15.4 Å². The Hall–Kier alpha value is -1.38. The van der Waals surface area contributed by atoms with Gasteiger partial charge < -0.3 is 15.4 Å². The first-order valence-corrected chi connectivity index (χ1v) is 6.98. The second-order valence-corrected chi connectivity index (χ2v) is 5.65. The highest BCUT2D eigenvalue weighted by atomic mass is 16.5. The van der Waals surface area contributed by atoms with E-state index in [0.29, 0.717) is 5.41 Å². The first-order chi connectivity index (χ1) is 8.83. The summed E-state index contributed by atoms with van der Waals surface area (Å²) in [5.74, 6) is 0.938. The molecule has 0 bridgehead atoms. The Morgan fingerprint density at radius 3 is 2.61 bits per heavy atom. The molecule has 0 aromatic heterocycles. The van der Waals surface area contributed by atoms with E-state index < -0.39 is 0 Å². The van der Waals surface area contributed by atoms with Crippen LogP contribution in [0.4, 0.5) is 11.4 Å². The summed E-state index contributed by atoms with van der Waals surface area (Å²) < 4.78 is 5.44. The van der Waals surface area contributed by atoms with E-state index in [9.17, 15) is 0 Å². The van der Waals surface area contributed by atoms with Crippen LogP contribution in [0.15, 0.2) is 18.2 Å². The Kier molecular flexibility index (Phi) is 3.06. The van der Waals surface area contributed by atoms with Crippen molar-refractivity contribution < 1.29 is 4.74 Å². The van der Waals surface area contributed by atoms with E-state index in [4.69, 9.17) is 4.74 Å². The minimum absolute atomic E-state index is 0.433. The van der Waals surface area contributed by atoms with Crippen molar-refractivity contribution in [2.75, 3.05) is 30.8 Å². The van der Waals surface area contributed by atoms with Gasteiger partial charge in [0.25, 0.3) is 0 Å². The molecule has 2 N–H and O–H groups in total. The van der Waals surface area contributed by atoms with Crippen LogP contribution in [-0.4, -0.2) is 20.2 Å². The fourth-order valence-electron chi connectivity index (χ4n) is 3.31. The Labute approximate surface area is 109 Å². The zero-order valence-corrected chi connectivity index (χ0v) is 11.1. The SMILES string of the molecule is COc1cccc2c1NCC1(CCCCC1)CN2. The van der Waals surface area contributed by atoms with Crippen LogP contribution in [-0.2, 0) is 0 Å². The first kappa shape index (κ1) is 11.7. The Morgan fingerprint density at radius 2 is 1.83 bits per heavy atom. The summed E-state index contributed by atoms with van der Waals surface area (Å²) in [5.41, 5.74) is 2.74. The summed E-state index contributed by atoms with van der Waals surface area (Å²) in [4.78, 5) is 0. The Morgan fingerprint density at radius 1 is 1.06 bits per heavy atom. The van der Waals surface area contributed by atoms with Crippen molar-refractivity contribution in [1.82, 2.24) is 0 Å². The van der Waals surface area contributed by atoms with E-state index >= 15 is 0 Å². The largest absolute Gasteiger partial charge is 0.495 e. The van der Waals surface area contributed by atoms with Gasteiger partial charge in [-0.15, -0.1) is 0 Å². The molecule has 0 radical (unpaired) electrons. The number of fused-ring (bicyclic) bond motifs is 1. The highest BCUT2D eigenvalue weighted by Crippen LogP contribution is 2.42. The van der Waals surface area contributed by atoms with Gasteiger partial charge in [-0.2, -0.15) is 0 Å². The number of hydrogen-bond acceptors (Lipinski definition) is 3. The summed E-state index contributed by atoms with van der Waals surface area (Å²) in [7, 11) is 1.73. The van der Waals surface area contributed by atoms with Gasteiger partial charge in [-0.3, -0.25) is 0 Å². The van der Waals surface area contributed by atoms with E-state index in [1.165, 1.54) is 37.8 Å². The molecular weight excluding hydrogens is 224 g/mol. The predicted molar refractivity (Wildman–Crippen MR) is 75.5 cm³/mol. The van der Waals surface area contributed by atoms with Gasteiger partial charge in [0.15, 0.2) is 0 Å². The van der Waals surface area contributed by atoms with Crippen LogP contribution in [0.3, 0.4) is 0 Å². The van der Waals surface area contributed by atoms with Gasteiger partial charge >= 0.3 is 0 Å². The van der Waals surface area contributed by atoms with Crippen molar-refractivity contribution in [2.24, 2.45) is 5.41 Å². The molecule has 1 aromatic carbocycles. The number of para-hydroxylation sites is 1. The number of nitrogens with one attached hydrogen (secondary N) is 2. The molecule has 1 saturated carbocycles. The smallest absolute Gasteiger partial charge is 0.144 e. The Balaban J connectivity index is 1.85. The molecule has 98 valence electrons. The van der Waals surface area contributed by atoms with Crippen molar-refractivity contribution in [1.29, 1.82) is 0 Å². The molecule has 1 fully saturated rings. The summed E-state index contributed by atoms with van der Waals surface area (Å²) in [6.45, 7) is 2.15. The summed E-state index contributed by atoms with van der Waals surface area (Å²) in [5, 5.41) is 7.24. The average molecular weight is 246 g/mol. The van der Waals surface area contributed by atoms with E-state index in [1.54, 1.807) is 7.11 Å². The second-order valence-electron chi connectivity index (χ2n) is 5.65. The van der Waals surface area contributed by atoms with Crippen LogP contribution in [0.2, 0.25) is 0 Å². The van der Waals surface area contributed by atoms with Crippen molar-refractivity contribution in [3.05, 3.63) is 18.2 Å². The molecule has 2 aliphatic rings. The second kappa shape index (κ2) is 4.71. The molecule has 3 nitrogen and oxygen atoms in total. The maximum atomic E-state index is 5.44. The van der Waals surface area contributed by atoms with Crippen LogP contribution in [0.1, 0.15) is 32.1 Å². The summed E-state index contributed by atoms with van der Waals surface area (Å²) in [6.07, 6.45) is 6.82. The van der Waals surface area contributed by atoms with Crippen molar-refractivity contribution in [2.45, 2.75) is 32.1 Å². The quantitative estimate of drug-likeness (QED) is 0.796. The lowest BCUT2D eigenvalue weighted by Crippen LogP contribution is -2.36. The van der Waals surface area contributed by atoms with Crippen LogP contribution >= 0.6 is 0 Å². The van der Waals surface area contributed by atoms with Gasteiger partial charge in [0.1, 0.15) is 11.4 Å². The van der Waals surface area contributed by atoms with Crippen LogP contribution in [0.5, 0.6) is 5.75 Å². The highest BCUT2D eigenvalue weighted by Gasteiger charge is 2.34. The molecule has 1 spiro atoms. The maximum Gasteiger partial charge on any atom is 0.144 e. The normalized spacial score (nSPS) is 21.4. The summed E-state index contributed by atoms with van der Waals surface area (Å²) >= 11 is 0. The molecule has 0 amide bonds. The fourth-order valence-corrected chi connectivity index (χ4v) is 3.31. The number of methoxy groups -OCH3 is 1. The third-order valence-electron chi connectivity index (χ3n) is 4.45. The first-order valence-electron chi connectivity index (χ1n) is 6.98. The van der Waals surface area contributed by atoms with Crippen molar-refractivity contribution >= 4 is 11.4 Å². The third-order valence-corrected chi connectivity index (χ3v) is 4.45. The average Bonchev–Trinajstić information content (AvgIpc) is 2.60. The summed E-state index contributed by atoms with van der Waals surface area (Å²) in [6, 6.07) is 6.20. The molecule has 1 heterocycles. The van der Waals surface area contributed by atoms with Gasteiger partial charge in [0.05, 0.1) is 12.8 Å². The van der Waals surface area contributed by atoms with Crippen LogP contribution in [0.25, 0.3) is 0 Å². The lowest BCUT2D eigenvalue weighted by molar-refractivity contribution is 0.224. The predicted octanol–water partition coefficient (Wildman–Crippen LogP) is 3.48. The molecule has 18 heavy (non-hydrogen) atoms. The number of benzene rings is 1. The monoisotopic (exact) mass is 246 g/mol.